The molecule has 4 N–H and O–H groups in total. The van der Waals surface area contributed by atoms with E-state index in [1.54, 1.807) is 46.1 Å². The highest BCUT2D eigenvalue weighted by Crippen LogP contribution is 2.43. The molecule has 8 aromatic carbocycles. The first kappa shape index (κ1) is 80.9. The number of amides is 4. The molecule has 0 spiro atoms. The topological polar surface area (TPSA) is 164 Å². The van der Waals surface area contributed by atoms with E-state index in [1.807, 2.05) is 102 Å². The number of carbonyl (C=O) groups is 2. The molecule has 6 saturated heterocycles. The molecule has 0 bridgehead atoms. The van der Waals surface area contributed by atoms with Crippen molar-refractivity contribution >= 4 is 102 Å². The standard InChI is InChI=1S/C24H26ClFN4O2.C24H26ClFN4O.C24H24ClFN4O.C19H18ClFN2/c25-18-1-6-23-21(15-18)22(16-29(23)20-4-2-19(26)3-5-20)17-7-12-30(32,13-8-17)14-11-28-10-9-27-24(28)31;2*25-18-1-6-23-21(15-18)22(16-30(23)20-4-2-19(26)3-5-20)17-7-10-28(11-8-17)13-14-29-12-9-27-24(29)31;20-14-1-6-19-17(11-14)18(13-7-9-22-10-8-13)12-23(19)16-4-2-15(21)3-5-16/h1-6,15-17H,7-14H2,(H,27,31);1-6,15-17H,7-14H2,(H,27,31);1-6,9,12,15-17H,7-8,10-11,13-14H2,(H,27,31);1-6,11-13,22H,7-10H2. The summed E-state index contributed by atoms with van der Waals surface area (Å²) in [4.78, 5) is 46.3. The number of nitrogens with zero attached hydrogens (tertiary/aromatic N) is 10. The van der Waals surface area contributed by atoms with Crippen LogP contribution in [0.4, 0.5) is 27.2 Å². The zero-order valence-corrected chi connectivity index (χ0v) is 68.0. The van der Waals surface area contributed by atoms with Gasteiger partial charge in [-0.25, -0.2) is 31.9 Å². The van der Waals surface area contributed by atoms with Crippen LogP contribution in [0.2, 0.25) is 20.1 Å². The number of quaternary nitrogens is 1. The van der Waals surface area contributed by atoms with Gasteiger partial charge in [0.2, 0.25) is 0 Å². The van der Waals surface area contributed by atoms with Crippen LogP contribution in [0.3, 0.4) is 0 Å². The highest BCUT2D eigenvalue weighted by Gasteiger charge is 2.33. The first-order valence-corrected chi connectivity index (χ1v) is 42.1. The minimum Gasteiger partial charge on any atom is -0.633 e. The summed E-state index contributed by atoms with van der Waals surface area (Å²) in [6, 6.07) is 50.1. The third kappa shape index (κ3) is 18.7. The van der Waals surface area contributed by atoms with Gasteiger partial charge in [-0.3, -0.25) is 4.57 Å². The minimum atomic E-state index is -0.267. The van der Waals surface area contributed by atoms with Gasteiger partial charge in [0.25, 0.3) is 0 Å². The lowest BCUT2D eigenvalue weighted by atomic mass is 9.89. The third-order valence-electron chi connectivity index (χ3n) is 24.4. The number of halogens is 8. The van der Waals surface area contributed by atoms with Gasteiger partial charge in [-0.2, -0.15) is 0 Å². The number of aromatic amines is 1. The molecule has 0 saturated carbocycles. The molecule has 608 valence electrons. The van der Waals surface area contributed by atoms with Crippen LogP contribution in [0, 0.1) is 28.5 Å². The summed E-state index contributed by atoms with van der Waals surface area (Å²) in [5.41, 5.74) is 13.1. The first-order chi connectivity index (χ1) is 56.8. The summed E-state index contributed by atoms with van der Waals surface area (Å²) in [6.45, 7) is 14.3. The molecule has 6 fully saturated rings. The number of hydroxylamine groups is 3. The van der Waals surface area contributed by atoms with E-state index >= 15 is 0 Å². The quantitative estimate of drug-likeness (QED) is 0.0400. The van der Waals surface area contributed by atoms with Gasteiger partial charge in [-0.05, 0) is 294 Å². The van der Waals surface area contributed by atoms with Gasteiger partial charge in [0.1, 0.15) is 23.3 Å². The van der Waals surface area contributed by atoms with Crippen LogP contribution in [0.1, 0.15) is 97.3 Å². The fraction of sp³-hybridized carbons (Fsp3) is 0.330. The van der Waals surface area contributed by atoms with E-state index < -0.39 is 0 Å². The van der Waals surface area contributed by atoms with Crippen molar-refractivity contribution in [1.29, 1.82) is 0 Å². The van der Waals surface area contributed by atoms with Gasteiger partial charge in [0.05, 0.1) is 48.2 Å². The Morgan fingerprint density at radius 1 is 0.376 bits per heavy atom. The summed E-state index contributed by atoms with van der Waals surface area (Å²) < 4.78 is 63.5. The Kier molecular flexibility index (Phi) is 25.0. The molecule has 0 aliphatic carbocycles. The molecule has 18 nitrogen and oxygen atoms in total. The lowest BCUT2D eigenvalue weighted by Gasteiger charge is -2.48. The predicted molar refractivity (Wildman–Crippen MR) is 460 cm³/mol. The van der Waals surface area contributed by atoms with Crippen molar-refractivity contribution in [2.24, 2.45) is 0 Å². The second kappa shape index (κ2) is 36.2. The van der Waals surface area contributed by atoms with Crippen LogP contribution >= 0.6 is 46.4 Å². The Hall–Kier alpha value is -9.85. The highest BCUT2D eigenvalue weighted by atomic mass is 35.5. The summed E-state index contributed by atoms with van der Waals surface area (Å²) in [6.07, 6.45) is 20.2. The van der Waals surface area contributed by atoms with Gasteiger partial charge in [-0.1, -0.05) is 46.4 Å². The van der Waals surface area contributed by atoms with Crippen molar-refractivity contribution in [3.63, 3.8) is 0 Å². The van der Waals surface area contributed by atoms with E-state index in [4.69, 9.17) is 46.4 Å². The maximum absolute atomic E-state index is 13.4. The number of benzene rings is 8. The molecular formula is C91H94Cl4F4N14O4. The number of hydrogen-bond acceptors (Lipinski definition) is 7. The zero-order chi connectivity index (χ0) is 80.8. The van der Waals surface area contributed by atoms with Gasteiger partial charge in [-0.15, -0.1) is 0 Å². The summed E-state index contributed by atoms with van der Waals surface area (Å²) in [5.74, 6) is 0.735. The maximum atomic E-state index is 13.4. The van der Waals surface area contributed by atoms with E-state index in [0.29, 0.717) is 68.6 Å². The maximum Gasteiger partial charge on any atom is 0.325 e. The Morgan fingerprint density at radius 3 is 1.03 bits per heavy atom. The zero-order valence-electron chi connectivity index (χ0n) is 65.0. The van der Waals surface area contributed by atoms with E-state index in [9.17, 15) is 37.2 Å². The second-order valence-corrected chi connectivity index (χ2v) is 33.3. The summed E-state index contributed by atoms with van der Waals surface area (Å²) in [7, 11) is 0. The second-order valence-electron chi connectivity index (χ2n) is 31.5. The van der Waals surface area contributed by atoms with Gasteiger partial charge < -0.3 is 68.7 Å². The number of likely N-dealkylation sites (tertiary alicyclic amines) is 3. The number of urea groups is 2. The van der Waals surface area contributed by atoms with Crippen molar-refractivity contribution in [3.8, 4) is 22.7 Å². The van der Waals surface area contributed by atoms with Crippen molar-refractivity contribution < 1.29 is 31.8 Å². The van der Waals surface area contributed by atoms with Crippen LogP contribution < -0.4 is 21.6 Å². The first-order valence-electron chi connectivity index (χ1n) is 40.6. The number of aromatic nitrogens is 6. The highest BCUT2D eigenvalue weighted by molar-refractivity contribution is 6.32. The number of nitrogens with one attached hydrogen (secondary N) is 4. The molecule has 6 aliphatic rings. The van der Waals surface area contributed by atoms with E-state index in [2.05, 4.69) is 73.8 Å². The fourth-order valence-electron chi connectivity index (χ4n) is 17.9. The smallest absolute Gasteiger partial charge is 0.325 e. The van der Waals surface area contributed by atoms with Crippen LogP contribution in [0.5, 0.6) is 0 Å². The number of rotatable bonds is 17. The Morgan fingerprint density at radius 2 is 0.701 bits per heavy atom. The SMILES string of the molecule is Fc1ccc(-n2cc(C3CCNCC3)c3cc(Cl)ccc32)cc1.O=C1NCCN1CCN1CCC(c2cn(-c3ccc(F)cc3)c3ccc(Cl)cc23)CC1.O=C1NCCN1CC[N+]1([O-])CCC(c2cn(-c3ccc(F)cc3)c3ccc(Cl)cc23)CC1.O=c1[nH]ccn1CCN1CCC(c2cn(-c3ccc(F)cc3)c3ccc(Cl)cc23)CC1. The molecule has 6 aliphatic heterocycles. The lowest BCUT2D eigenvalue weighted by Crippen LogP contribution is -2.51. The molecule has 4 amide bonds. The number of hydrogen-bond donors (Lipinski definition) is 4. The Balaban J connectivity index is 0.000000118. The van der Waals surface area contributed by atoms with Crippen LogP contribution in [0.25, 0.3) is 66.4 Å². The molecule has 0 atom stereocenters. The van der Waals surface area contributed by atoms with Crippen molar-refractivity contribution in [2.45, 2.75) is 81.6 Å². The average Bonchev–Trinajstić information content (AvgIpc) is 1.88. The molecule has 117 heavy (non-hydrogen) atoms. The molecular weight excluding hydrogens is 1570 g/mol. The molecule has 0 radical (unpaired) electrons. The Labute approximate surface area is 696 Å². The van der Waals surface area contributed by atoms with Gasteiger partial charge >= 0.3 is 17.8 Å². The molecule has 19 rings (SSSR count). The third-order valence-corrected chi connectivity index (χ3v) is 25.3. The minimum absolute atomic E-state index is 0.0552. The molecule has 11 heterocycles. The summed E-state index contributed by atoms with van der Waals surface area (Å²) in [5, 5.41) is 29.8. The number of piperidine rings is 4. The van der Waals surface area contributed by atoms with Crippen molar-refractivity contribution in [2.75, 3.05) is 111 Å². The predicted octanol–water partition coefficient (Wildman–Crippen LogP) is 19.0. The van der Waals surface area contributed by atoms with E-state index in [0.717, 1.165) is 194 Å². The van der Waals surface area contributed by atoms with Crippen molar-refractivity contribution in [3.05, 3.63) is 288 Å². The van der Waals surface area contributed by atoms with Gasteiger partial charge in [0, 0.05) is 167 Å². The normalized spacial score (nSPS) is 18.6. The number of imidazole rings is 1. The van der Waals surface area contributed by atoms with Crippen molar-refractivity contribution in [1.82, 2.24) is 63.4 Å². The van der Waals surface area contributed by atoms with Crippen LogP contribution in [-0.2, 0) is 6.54 Å². The van der Waals surface area contributed by atoms with Crippen LogP contribution in [0.15, 0.2) is 212 Å². The Bertz CT molecular complexity index is 5700. The van der Waals surface area contributed by atoms with Crippen LogP contribution in [-0.4, -0.2) is 175 Å². The monoisotopic (exact) mass is 1660 g/mol. The van der Waals surface area contributed by atoms with E-state index in [1.165, 1.54) is 81.6 Å². The van der Waals surface area contributed by atoms with Gasteiger partial charge in [0.15, 0.2) is 0 Å². The van der Waals surface area contributed by atoms with E-state index in [-0.39, 0.29) is 51.6 Å². The average molecular weight is 1670 g/mol. The number of carbonyl (C=O) groups excluding carboxylic acids is 2. The number of H-pyrrole nitrogens is 1. The largest absolute Gasteiger partial charge is 0.633 e. The fourth-order valence-corrected chi connectivity index (χ4v) is 18.6. The summed E-state index contributed by atoms with van der Waals surface area (Å²) >= 11 is 25.2. The molecule has 0 unspecified atom stereocenters. The molecule has 5 aromatic heterocycles. The lowest BCUT2D eigenvalue weighted by molar-refractivity contribution is -0.885. The molecule has 13 aromatic rings. The molecule has 26 heteroatoms. The number of fused-ring (bicyclic) bond motifs is 4.